The molecular formula is C13H16N4O2S. The van der Waals surface area contributed by atoms with Gasteiger partial charge in [-0.25, -0.2) is 4.98 Å². The Bertz CT molecular complexity index is 646. The van der Waals surface area contributed by atoms with Crippen molar-refractivity contribution >= 4 is 33.5 Å². The number of nitrogens with one attached hydrogen (secondary N) is 1. The predicted octanol–water partition coefficient (Wildman–Crippen LogP) is 3.67. The largest absolute Gasteiger partial charge is 0.393 e. The molecule has 2 aromatic rings. The summed E-state index contributed by atoms with van der Waals surface area (Å²) in [6.07, 6.45) is 0. The molecule has 0 aliphatic rings. The Labute approximate surface area is 120 Å². The van der Waals surface area contributed by atoms with Gasteiger partial charge >= 0.3 is 0 Å². The zero-order valence-corrected chi connectivity index (χ0v) is 12.3. The van der Waals surface area contributed by atoms with E-state index >= 15 is 0 Å². The molecule has 0 amide bonds. The van der Waals surface area contributed by atoms with Crippen molar-refractivity contribution in [1.29, 1.82) is 0 Å². The molecule has 0 unspecified atom stereocenters. The lowest BCUT2D eigenvalue weighted by atomic mass is 9.93. The van der Waals surface area contributed by atoms with Gasteiger partial charge in [0.2, 0.25) is 0 Å². The van der Waals surface area contributed by atoms with Crippen LogP contribution in [0, 0.1) is 10.1 Å². The molecule has 0 bridgehead atoms. The van der Waals surface area contributed by atoms with E-state index in [-0.39, 0.29) is 16.8 Å². The smallest absolute Gasteiger partial charge is 0.292 e. The topological polar surface area (TPSA) is 94.1 Å². The molecule has 0 saturated heterocycles. The van der Waals surface area contributed by atoms with Gasteiger partial charge in [0.1, 0.15) is 5.69 Å². The molecule has 0 spiro atoms. The first-order valence-electron chi connectivity index (χ1n) is 6.04. The number of thiazole rings is 1. The Morgan fingerprint density at radius 2 is 2.10 bits per heavy atom. The van der Waals surface area contributed by atoms with E-state index in [1.54, 1.807) is 6.07 Å². The van der Waals surface area contributed by atoms with E-state index in [2.05, 4.69) is 31.1 Å². The standard InChI is InChI=1S/C13H16N4O2S/c1-13(2,3)11-7-20-12(16-11)15-8-4-5-10(17(18)19)9(14)6-8/h4-7H,14H2,1-3H3,(H,15,16). The number of nitrogens with two attached hydrogens (primary N) is 1. The Morgan fingerprint density at radius 1 is 1.40 bits per heavy atom. The van der Waals surface area contributed by atoms with Gasteiger partial charge in [0.25, 0.3) is 5.69 Å². The fourth-order valence-electron chi connectivity index (χ4n) is 1.60. The highest BCUT2D eigenvalue weighted by Gasteiger charge is 2.18. The van der Waals surface area contributed by atoms with E-state index in [1.165, 1.54) is 23.5 Å². The first-order valence-corrected chi connectivity index (χ1v) is 6.92. The van der Waals surface area contributed by atoms with Crippen molar-refractivity contribution < 1.29 is 4.92 Å². The zero-order chi connectivity index (χ0) is 14.9. The van der Waals surface area contributed by atoms with E-state index in [1.807, 2.05) is 5.38 Å². The van der Waals surface area contributed by atoms with Crippen LogP contribution in [0.5, 0.6) is 0 Å². The highest BCUT2D eigenvalue weighted by Crippen LogP contribution is 2.30. The van der Waals surface area contributed by atoms with Crippen molar-refractivity contribution in [2.24, 2.45) is 0 Å². The minimum absolute atomic E-state index is 0.00900. The lowest BCUT2D eigenvalue weighted by molar-refractivity contribution is -0.383. The number of rotatable bonds is 3. The minimum Gasteiger partial charge on any atom is -0.393 e. The lowest BCUT2D eigenvalue weighted by Gasteiger charge is -2.14. The number of hydrogen-bond acceptors (Lipinski definition) is 6. The average molecular weight is 292 g/mol. The Morgan fingerprint density at radius 3 is 2.60 bits per heavy atom. The number of hydrogen-bond donors (Lipinski definition) is 2. The summed E-state index contributed by atoms with van der Waals surface area (Å²) in [5.41, 5.74) is 7.37. The van der Waals surface area contributed by atoms with Crippen LogP contribution in [0.2, 0.25) is 0 Å². The van der Waals surface area contributed by atoms with Crippen molar-refractivity contribution in [3.8, 4) is 0 Å². The summed E-state index contributed by atoms with van der Waals surface area (Å²) >= 11 is 1.49. The van der Waals surface area contributed by atoms with Crippen LogP contribution in [0.4, 0.5) is 22.2 Å². The number of nitrogen functional groups attached to an aromatic ring is 1. The second-order valence-electron chi connectivity index (χ2n) is 5.44. The molecule has 0 fully saturated rings. The van der Waals surface area contributed by atoms with Gasteiger partial charge in [0.05, 0.1) is 10.6 Å². The molecule has 0 radical (unpaired) electrons. The van der Waals surface area contributed by atoms with Crippen molar-refractivity contribution in [3.63, 3.8) is 0 Å². The molecule has 6 nitrogen and oxygen atoms in total. The van der Waals surface area contributed by atoms with Crippen LogP contribution in [0.15, 0.2) is 23.6 Å². The maximum absolute atomic E-state index is 10.7. The second-order valence-corrected chi connectivity index (χ2v) is 6.30. The molecular weight excluding hydrogens is 276 g/mol. The van der Waals surface area contributed by atoms with Crippen LogP contribution in [0.1, 0.15) is 26.5 Å². The summed E-state index contributed by atoms with van der Waals surface area (Å²) < 4.78 is 0. The monoisotopic (exact) mass is 292 g/mol. The van der Waals surface area contributed by atoms with Crippen LogP contribution in [0.25, 0.3) is 0 Å². The fourth-order valence-corrected chi connectivity index (χ4v) is 2.55. The van der Waals surface area contributed by atoms with Crippen LogP contribution < -0.4 is 11.1 Å². The minimum atomic E-state index is -0.500. The van der Waals surface area contributed by atoms with Gasteiger partial charge in [-0.2, -0.15) is 0 Å². The highest BCUT2D eigenvalue weighted by molar-refractivity contribution is 7.13. The summed E-state index contributed by atoms with van der Waals surface area (Å²) in [4.78, 5) is 14.7. The Hall–Kier alpha value is -2.15. The first-order chi connectivity index (χ1) is 9.27. The van der Waals surface area contributed by atoms with E-state index in [0.717, 1.165) is 10.8 Å². The molecule has 1 aromatic carbocycles. The Kier molecular flexibility index (Phi) is 3.63. The second kappa shape index (κ2) is 5.09. The van der Waals surface area contributed by atoms with Crippen molar-refractivity contribution in [3.05, 3.63) is 39.4 Å². The van der Waals surface area contributed by atoms with Crippen molar-refractivity contribution in [1.82, 2.24) is 4.98 Å². The highest BCUT2D eigenvalue weighted by atomic mass is 32.1. The van der Waals surface area contributed by atoms with Gasteiger partial charge in [-0.3, -0.25) is 10.1 Å². The van der Waals surface area contributed by atoms with Gasteiger partial charge in [-0.1, -0.05) is 20.8 Å². The third-order valence-corrected chi connectivity index (χ3v) is 3.51. The summed E-state index contributed by atoms with van der Waals surface area (Å²) in [7, 11) is 0. The summed E-state index contributed by atoms with van der Waals surface area (Å²) in [5.74, 6) is 0. The number of benzene rings is 1. The molecule has 1 heterocycles. The van der Waals surface area contributed by atoms with Gasteiger partial charge < -0.3 is 11.1 Å². The van der Waals surface area contributed by atoms with E-state index in [0.29, 0.717) is 5.69 Å². The van der Waals surface area contributed by atoms with Crippen LogP contribution in [-0.2, 0) is 5.41 Å². The maximum atomic E-state index is 10.7. The number of nitrogens with zero attached hydrogens (tertiary/aromatic N) is 2. The molecule has 7 heteroatoms. The number of nitro benzene ring substituents is 1. The molecule has 0 aliphatic carbocycles. The summed E-state index contributed by atoms with van der Waals surface area (Å²) in [5, 5.41) is 16.5. The normalized spacial score (nSPS) is 11.3. The predicted molar refractivity (Wildman–Crippen MR) is 81.6 cm³/mol. The molecule has 0 saturated carbocycles. The van der Waals surface area contributed by atoms with Crippen molar-refractivity contribution in [2.45, 2.75) is 26.2 Å². The third kappa shape index (κ3) is 3.05. The van der Waals surface area contributed by atoms with Gasteiger partial charge in [-0.15, -0.1) is 11.3 Å². The number of aromatic nitrogens is 1. The van der Waals surface area contributed by atoms with E-state index < -0.39 is 4.92 Å². The molecule has 106 valence electrons. The van der Waals surface area contributed by atoms with Crippen LogP contribution in [-0.4, -0.2) is 9.91 Å². The lowest BCUT2D eigenvalue weighted by Crippen LogP contribution is -2.11. The summed E-state index contributed by atoms with van der Waals surface area (Å²) in [6, 6.07) is 4.54. The van der Waals surface area contributed by atoms with Gasteiger partial charge in [-0.05, 0) is 12.1 Å². The van der Waals surface area contributed by atoms with E-state index in [4.69, 9.17) is 5.73 Å². The molecule has 20 heavy (non-hydrogen) atoms. The van der Waals surface area contributed by atoms with Gasteiger partial charge in [0.15, 0.2) is 5.13 Å². The third-order valence-electron chi connectivity index (χ3n) is 2.75. The van der Waals surface area contributed by atoms with E-state index in [9.17, 15) is 10.1 Å². The fraction of sp³-hybridized carbons (Fsp3) is 0.308. The molecule has 1 aromatic heterocycles. The molecule has 0 aliphatic heterocycles. The SMILES string of the molecule is CC(C)(C)c1csc(Nc2ccc([N+](=O)[O-])c(N)c2)n1. The molecule has 2 rings (SSSR count). The number of anilines is 3. The average Bonchev–Trinajstić information content (AvgIpc) is 2.76. The first kappa shape index (κ1) is 14.3. The van der Waals surface area contributed by atoms with Gasteiger partial charge in [0, 0.05) is 22.5 Å². The quantitative estimate of drug-likeness (QED) is 0.511. The summed E-state index contributed by atoms with van der Waals surface area (Å²) in [6.45, 7) is 6.28. The number of nitro groups is 1. The zero-order valence-electron chi connectivity index (χ0n) is 11.5. The maximum Gasteiger partial charge on any atom is 0.292 e. The molecule has 3 N–H and O–H groups in total. The Balaban J connectivity index is 2.20. The van der Waals surface area contributed by atoms with Crippen LogP contribution >= 0.6 is 11.3 Å². The van der Waals surface area contributed by atoms with Crippen LogP contribution in [0.3, 0.4) is 0 Å². The van der Waals surface area contributed by atoms with Crippen molar-refractivity contribution in [2.75, 3.05) is 11.1 Å². The molecule has 0 atom stereocenters.